The third-order valence-electron chi connectivity index (χ3n) is 4.96. The minimum Gasteiger partial charge on any atom is -0.457 e. The number of carbonyl (C=O) groups excluding carboxylic acids is 2. The zero-order chi connectivity index (χ0) is 15.1. The monoisotopic (exact) mass is 276 g/mol. The highest BCUT2D eigenvalue weighted by Crippen LogP contribution is 2.52. The molecule has 2 rings (SSSR count). The smallest absolute Gasteiger partial charge is 0.303 e. The van der Waals surface area contributed by atoms with Crippen LogP contribution in [0.4, 0.5) is 0 Å². The maximum atomic E-state index is 12.1. The number of carbonyl (C=O) groups is 2. The van der Waals surface area contributed by atoms with Gasteiger partial charge >= 0.3 is 5.97 Å². The van der Waals surface area contributed by atoms with Gasteiger partial charge in [-0.15, -0.1) is 0 Å². The summed E-state index contributed by atoms with van der Waals surface area (Å²) in [6.45, 7) is 11.5. The fourth-order valence-corrected chi connectivity index (χ4v) is 3.78. The number of hydrogen-bond acceptors (Lipinski definition) is 3. The molecule has 0 N–H and O–H groups in total. The molecular weight excluding hydrogens is 252 g/mol. The Morgan fingerprint density at radius 3 is 2.55 bits per heavy atom. The highest BCUT2D eigenvalue weighted by molar-refractivity contribution is 5.97. The van der Waals surface area contributed by atoms with Crippen molar-refractivity contribution in [2.45, 2.75) is 59.5 Å². The van der Waals surface area contributed by atoms with Crippen LogP contribution in [0, 0.1) is 11.3 Å². The maximum Gasteiger partial charge on any atom is 0.303 e. The van der Waals surface area contributed by atoms with E-state index in [-0.39, 0.29) is 29.2 Å². The highest BCUT2D eigenvalue weighted by atomic mass is 16.5. The molecule has 3 nitrogen and oxygen atoms in total. The lowest BCUT2D eigenvalue weighted by atomic mass is 9.59. The van der Waals surface area contributed by atoms with Crippen LogP contribution >= 0.6 is 0 Å². The van der Waals surface area contributed by atoms with E-state index in [9.17, 15) is 9.59 Å². The molecule has 0 saturated heterocycles. The Kier molecular flexibility index (Phi) is 3.90. The first-order valence-electron chi connectivity index (χ1n) is 7.33. The molecule has 0 aromatic heterocycles. The number of rotatable bonds is 2. The van der Waals surface area contributed by atoms with Crippen molar-refractivity contribution in [3.63, 3.8) is 0 Å². The average molecular weight is 276 g/mol. The highest BCUT2D eigenvalue weighted by Gasteiger charge is 2.47. The molecule has 2 aliphatic rings. The van der Waals surface area contributed by atoms with E-state index in [1.807, 2.05) is 13.8 Å². The van der Waals surface area contributed by atoms with E-state index < -0.39 is 0 Å². The molecule has 1 fully saturated rings. The van der Waals surface area contributed by atoms with Gasteiger partial charge in [0.05, 0.1) is 0 Å². The molecule has 0 amide bonds. The van der Waals surface area contributed by atoms with Crippen molar-refractivity contribution in [3.8, 4) is 0 Å². The van der Waals surface area contributed by atoms with Crippen molar-refractivity contribution in [2.75, 3.05) is 0 Å². The zero-order valence-electron chi connectivity index (χ0n) is 12.9. The standard InChI is InChI=1S/C17H24O3/c1-10(2)13-6-8-17(5)9-7-14(19)11(3)15(17)16(13)20-12(4)18/h13,16H,1,6-9H2,2-5H3/t13-,16-,17+/m0/s1. The fourth-order valence-electron chi connectivity index (χ4n) is 3.78. The summed E-state index contributed by atoms with van der Waals surface area (Å²) in [7, 11) is 0. The number of allylic oxidation sites excluding steroid dienone is 1. The molecular formula is C17H24O3. The van der Waals surface area contributed by atoms with Crippen molar-refractivity contribution in [1.29, 1.82) is 0 Å². The third-order valence-corrected chi connectivity index (χ3v) is 4.96. The van der Waals surface area contributed by atoms with Gasteiger partial charge in [-0.2, -0.15) is 0 Å². The van der Waals surface area contributed by atoms with Gasteiger partial charge in [0.2, 0.25) is 0 Å². The summed E-state index contributed by atoms with van der Waals surface area (Å²) >= 11 is 0. The van der Waals surface area contributed by atoms with E-state index in [0.717, 1.165) is 36.0 Å². The van der Waals surface area contributed by atoms with E-state index in [1.54, 1.807) is 0 Å². The quantitative estimate of drug-likeness (QED) is 0.572. The lowest BCUT2D eigenvalue weighted by molar-refractivity contribution is -0.148. The van der Waals surface area contributed by atoms with Crippen molar-refractivity contribution in [2.24, 2.45) is 11.3 Å². The van der Waals surface area contributed by atoms with Gasteiger partial charge in [-0.3, -0.25) is 9.59 Å². The van der Waals surface area contributed by atoms with Gasteiger partial charge in [0, 0.05) is 19.3 Å². The van der Waals surface area contributed by atoms with Crippen molar-refractivity contribution >= 4 is 11.8 Å². The molecule has 0 aromatic carbocycles. The van der Waals surface area contributed by atoms with Gasteiger partial charge in [-0.05, 0) is 49.7 Å². The number of ether oxygens (including phenoxy) is 1. The number of hydrogen-bond donors (Lipinski definition) is 0. The van der Waals surface area contributed by atoms with Crippen LogP contribution in [-0.2, 0) is 14.3 Å². The summed E-state index contributed by atoms with van der Waals surface area (Å²) in [4.78, 5) is 23.6. The lowest BCUT2D eigenvalue weighted by Crippen LogP contribution is -2.44. The molecule has 110 valence electrons. The molecule has 0 unspecified atom stereocenters. The summed E-state index contributed by atoms with van der Waals surface area (Å²) in [5, 5.41) is 0. The number of ketones is 1. The SMILES string of the molecule is C=C(C)[C@@H]1CC[C@]2(C)CCC(=O)C(C)=C2[C@H]1OC(C)=O. The molecule has 0 bridgehead atoms. The molecule has 1 saturated carbocycles. The third kappa shape index (κ3) is 2.46. The van der Waals surface area contributed by atoms with Crippen LogP contribution < -0.4 is 0 Å². The Hall–Kier alpha value is -1.38. The molecule has 2 aliphatic carbocycles. The van der Waals surface area contributed by atoms with E-state index in [4.69, 9.17) is 4.74 Å². The predicted molar refractivity (Wildman–Crippen MR) is 78.1 cm³/mol. The van der Waals surface area contributed by atoms with E-state index in [2.05, 4.69) is 13.5 Å². The van der Waals surface area contributed by atoms with Crippen molar-refractivity contribution < 1.29 is 14.3 Å². The molecule has 3 atom stereocenters. The van der Waals surface area contributed by atoms with Gasteiger partial charge in [0.15, 0.2) is 5.78 Å². The first kappa shape index (κ1) is 15.0. The van der Waals surface area contributed by atoms with Crippen LogP contribution in [0.15, 0.2) is 23.3 Å². The zero-order valence-corrected chi connectivity index (χ0v) is 12.9. The topological polar surface area (TPSA) is 43.4 Å². The van der Waals surface area contributed by atoms with Gasteiger partial charge < -0.3 is 4.74 Å². The molecule has 0 aliphatic heterocycles. The van der Waals surface area contributed by atoms with Gasteiger partial charge in [-0.1, -0.05) is 19.1 Å². The first-order valence-corrected chi connectivity index (χ1v) is 7.33. The number of fused-ring (bicyclic) bond motifs is 1. The Balaban J connectivity index is 2.51. The van der Waals surface area contributed by atoms with Gasteiger partial charge in [-0.25, -0.2) is 0 Å². The second-order valence-corrected chi connectivity index (χ2v) is 6.54. The molecule has 0 spiro atoms. The average Bonchev–Trinajstić information content (AvgIpc) is 2.33. The van der Waals surface area contributed by atoms with Crippen molar-refractivity contribution in [1.82, 2.24) is 0 Å². The van der Waals surface area contributed by atoms with Crippen LogP contribution in [-0.4, -0.2) is 17.9 Å². The summed E-state index contributed by atoms with van der Waals surface area (Å²) in [5.74, 6) is 0.0311. The molecule has 0 aromatic rings. The van der Waals surface area contributed by atoms with E-state index in [1.165, 1.54) is 6.92 Å². The lowest BCUT2D eigenvalue weighted by Gasteiger charge is -2.47. The summed E-state index contributed by atoms with van der Waals surface area (Å²) < 4.78 is 5.61. The summed E-state index contributed by atoms with van der Waals surface area (Å²) in [5.41, 5.74) is 2.86. The maximum absolute atomic E-state index is 12.1. The predicted octanol–water partition coefficient (Wildman–Crippen LogP) is 3.59. The Morgan fingerprint density at radius 1 is 1.35 bits per heavy atom. The second-order valence-electron chi connectivity index (χ2n) is 6.54. The Morgan fingerprint density at radius 2 is 2.00 bits per heavy atom. The Bertz CT molecular complexity index is 500. The normalized spacial score (nSPS) is 33.7. The van der Waals surface area contributed by atoms with Gasteiger partial charge in [0.1, 0.15) is 6.10 Å². The molecule has 0 radical (unpaired) electrons. The first-order chi connectivity index (χ1) is 9.26. The van der Waals surface area contributed by atoms with Crippen LogP contribution in [0.3, 0.4) is 0 Å². The molecule has 3 heteroatoms. The summed E-state index contributed by atoms with van der Waals surface area (Å²) in [6.07, 6.45) is 3.15. The van der Waals surface area contributed by atoms with Crippen molar-refractivity contribution in [3.05, 3.63) is 23.3 Å². The van der Waals surface area contributed by atoms with Crippen LogP contribution in [0.1, 0.15) is 53.4 Å². The molecule has 20 heavy (non-hydrogen) atoms. The van der Waals surface area contributed by atoms with Gasteiger partial charge in [0.25, 0.3) is 0 Å². The fraction of sp³-hybridized carbons (Fsp3) is 0.647. The van der Waals surface area contributed by atoms with E-state index >= 15 is 0 Å². The summed E-state index contributed by atoms with van der Waals surface area (Å²) in [6, 6.07) is 0. The number of Topliss-reactive ketones (excluding diaryl/α,β-unsaturated/α-hetero) is 1. The largest absolute Gasteiger partial charge is 0.457 e. The van der Waals surface area contributed by atoms with Crippen LogP contribution in [0.2, 0.25) is 0 Å². The number of esters is 1. The minimum absolute atomic E-state index is 0.00986. The van der Waals surface area contributed by atoms with E-state index in [0.29, 0.717) is 6.42 Å². The molecule has 0 heterocycles. The second kappa shape index (κ2) is 5.19. The Labute approximate surface area is 121 Å². The van der Waals surface area contributed by atoms with Crippen LogP contribution in [0.5, 0.6) is 0 Å². The minimum atomic E-state index is -0.312. The van der Waals surface area contributed by atoms with Crippen LogP contribution in [0.25, 0.3) is 0 Å².